The Hall–Kier alpha value is -0.740. The van der Waals surface area contributed by atoms with Gasteiger partial charge in [-0.1, -0.05) is 23.2 Å². The van der Waals surface area contributed by atoms with E-state index in [0.717, 1.165) is 0 Å². The molecule has 0 bridgehead atoms. The van der Waals surface area contributed by atoms with Crippen LogP contribution in [0.5, 0.6) is 11.8 Å². The average Bonchev–Trinajstić information content (AvgIpc) is 2.03. The molecule has 0 aliphatic heterocycles. The molecule has 0 fully saturated rings. The maximum Gasteiger partial charge on any atom is 0.319 e. The Bertz CT molecular complexity index is 270. The van der Waals surface area contributed by atoms with Crippen molar-refractivity contribution in [3.8, 4) is 11.8 Å². The fourth-order valence-electron chi connectivity index (χ4n) is 0.639. The number of rotatable bonds is 2. The van der Waals surface area contributed by atoms with Gasteiger partial charge < -0.3 is 9.47 Å². The summed E-state index contributed by atoms with van der Waals surface area (Å²) in [5.41, 5.74) is 0. The van der Waals surface area contributed by atoms with Crippen LogP contribution in [0, 0.1) is 0 Å². The third-order valence-corrected chi connectivity index (χ3v) is 1.66. The Balaban J connectivity index is 3.18. The van der Waals surface area contributed by atoms with Gasteiger partial charge in [-0.05, 0) is 0 Å². The standard InChI is InChI=1S/C6H6Cl2N2O2/c1-11-3-4(7)9-6(12-2)10-5(3)8/h1-2H3. The zero-order valence-electron chi connectivity index (χ0n) is 6.47. The molecule has 12 heavy (non-hydrogen) atoms. The van der Waals surface area contributed by atoms with Gasteiger partial charge in [0.1, 0.15) is 0 Å². The van der Waals surface area contributed by atoms with E-state index in [-0.39, 0.29) is 22.1 Å². The number of hydrogen-bond donors (Lipinski definition) is 0. The van der Waals surface area contributed by atoms with Gasteiger partial charge in [-0.15, -0.1) is 0 Å². The number of nitrogens with zero attached hydrogens (tertiary/aromatic N) is 2. The van der Waals surface area contributed by atoms with Crippen molar-refractivity contribution in [3.63, 3.8) is 0 Å². The predicted octanol–water partition coefficient (Wildman–Crippen LogP) is 1.80. The predicted molar refractivity (Wildman–Crippen MR) is 45.2 cm³/mol. The lowest BCUT2D eigenvalue weighted by Gasteiger charge is -2.04. The molecule has 0 amide bonds. The Morgan fingerprint density at radius 2 is 1.50 bits per heavy atom. The fraction of sp³-hybridized carbons (Fsp3) is 0.333. The van der Waals surface area contributed by atoms with Crippen molar-refractivity contribution in [2.75, 3.05) is 14.2 Å². The summed E-state index contributed by atoms with van der Waals surface area (Å²) in [5, 5.41) is 0.267. The highest BCUT2D eigenvalue weighted by atomic mass is 35.5. The molecular weight excluding hydrogens is 203 g/mol. The van der Waals surface area contributed by atoms with E-state index in [2.05, 4.69) is 9.97 Å². The molecule has 6 heteroatoms. The smallest absolute Gasteiger partial charge is 0.319 e. The molecule has 0 aromatic carbocycles. The monoisotopic (exact) mass is 208 g/mol. The fourth-order valence-corrected chi connectivity index (χ4v) is 1.17. The van der Waals surface area contributed by atoms with Crippen LogP contribution >= 0.6 is 23.2 Å². The Morgan fingerprint density at radius 3 is 1.83 bits per heavy atom. The van der Waals surface area contributed by atoms with Crippen molar-refractivity contribution >= 4 is 23.2 Å². The minimum Gasteiger partial charge on any atom is -0.491 e. The molecule has 0 saturated carbocycles. The molecule has 66 valence electrons. The summed E-state index contributed by atoms with van der Waals surface area (Å²) in [7, 11) is 2.86. The summed E-state index contributed by atoms with van der Waals surface area (Å²) in [6.45, 7) is 0. The molecule has 0 N–H and O–H groups in total. The Labute approximate surface area is 79.4 Å². The van der Waals surface area contributed by atoms with E-state index in [0.29, 0.717) is 0 Å². The van der Waals surface area contributed by atoms with Crippen molar-refractivity contribution in [2.24, 2.45) is 0 Å². The first-order valence-electron chi connectivity index (χ1n) is 3.00. The van der Waals surface area contributed by atoms with Crippen LogP contribution in [0.2, 0.25) is 10.3 Å². The van der Waals surface area contributed by atoms with Crippen molar-refractivity contribution < 1.29 is 9.47 Å². The third kappa shape index (κ3) is 1.70. The van der Waals surface area contributed by atoms with Crippen LogP contribution in [-0.2, 0) is 0 Å². The Morgan fingerprint density at radius 1 is 1.00 bits per heavy atom. The molecule has 0 spiro atoms. The van der Waals surface area contributed by atoms with Gasteiger partial charge in [0.15, 0.2) is 16.1 Å². The molecule has 0 radical (unpaired) electrons. The number of aromatic nitrogens is 2. The summed E-state index contributed by atoms with van der Waals surface area (Å²) < 4.78 is 9.56. The van der Waals surface area contributed by atoms with Gasteiger partial charge in [-0.25, -0.2) is 0 Å². The first-order valence-corrected chi connectivity index (χ1v) is 3.75. The van der Waals surface area contributed by atoms with E-state index < -0.39 is 0 Å². The molecule has 0 aliphatic rings. The van der Waals surface area contributed by atoms with E-state index >= 15 is 0 Å². The summed E-state index contributed by atoms with van der Waals surface area (Å²) in [6, 6.07) is 0.116. The van der Waals surface area contributed by atoms with Crippen LogP contribution in [-0.4, -0.2) is 24.2 Å². The number of hydrogen-bond acceptors (Lipinski definition) is 4. The first kappa shape index (κ1) is 9.35. The van der Waals surface area contributed by atoms with E-state index in [4.69, 9.17) is 32.7 Å². The lowest BCUT2D eigenvalue weighted by atomic mass is 10.6. The SMILES string of the molecule is COc1nc(Cl)c(OC)c(Cl)n1. The van der Waals surface area contributed by atoms with Gasteiger partial charge in [0.25, 0.3) is 0 Å². The van der Waals surface area contributed by atoms with E-state index in [1.165, 1.54) is 14.2 Å². The van der Waals surface area contributed by atoms with E-state index in [1.54, 1.807) is 0 Å². The second-order valence-corrected chi connectivity index (χ2v) is 2.54. The lowest BCUT2D eigenvalue weighted by Crippen LogP contribution is -1.96. The van der Waals surface area contributed by atoms with E-state index in [1.807, 2.05) is 0 Å². The largest absolute Gasteiger partial charge is 0.491 e. The number of halogens is 2. The number of ether oxygens (including phenoxy) is 2. The van der Waals surface area contributed by atoms with Crippen LogP contribution in [0.4, 0.5) is 0 Å². The molecule has 1 heterocycles. The zero-order valence-corrected chi connectivity index (χ0v) is 7.98. The van der Waals surface area contributed by atoms with Gasteiger partial charge in [-0.2, -0.15) is 9.97 Å². The quantitative estimate of drug-likeness (QED) is 0.696. The molecule has 1 rings (SSSR count). The molecule has 0 unspecified atom stereocenters. The van der Waals surface area contributed by atoms with Gasteiger partial charge in [0.2, 0.25) is 0 Å². The molecular formula is C6H6Cl2N2O2. The minimum atomic E-state index is 0.116. The highest BCUT2D eigenvalue weighted by molar-refractivity contribution is 6.35. The van der Waals surface area contributed by atoms with Crippen LogP contribution in [0.1, 0.15) is 0 Å². The van der Waals surface area contributed by atoms with Crippen LogP contribution in [0.15, 0.2) is 0 Å². The normalized spacial score (nSPS) is 9.67. The maximum absolute atomic E-state index is 5.67. The minimum absolute atomic E-state index is 0.116. The van der Waals surface area contributed by atoms with Crippen LogP contribution in [0.25, 0.3) is 0 Å². The lowest BCUT2D eigenvalue weighted by molar-refractivity contribution is 0.370. The second-order valence-electron chi connectivity index (χ2n) is 1.83. The maximum atomic E-state index is 5.67. The highest BCUT2D eigenvalue weighted by Crippen LogP contribution is 2.30. The van der Waals surface area contributed by atoms with Gasteiger partial charge >= 0.3 is 6.01 Å². The van der Waals surface area contributed by atoms with Crippen molar-refractivity contribution in [2.45, 2.75) is 0 Å². The summed E-state index contributed by atoms with van der Waals surface area (Å²) in [4.78, 5) is 7.49. The van der Waals surface area contributed by atoms with Gasteiger partial charge in [0.05, 0.1) is 14.2 Å². The van der Waals surface area contributed by atoms with Gasteiger partial charge in [-0.3, -0.25) is 0 Å². The van der Waals surface area contributed by atoms with Crippen molar-refractivity contribution in [1.82, 2.24) is 9.97 Å². The summed E-state index contributed by atoms with van der Waals surface area (Å²) >= 11 is 11.3. The average molecular weight is 209 g/mol. The molecule has 0 saturated heterocycles. The van der Waals surface area contributed by atoms with Crippen molar-refractivity contribution in [3.05, 3.63) is 10.3 Å². The summed E-state index contributed by atoms with van der Waals surface area (Å²) in [5.74, 6) is 0.249. The van der Waals surface area contributed by atoms with Gasteiger partial charge in [0, 0.05) is 0 Å². The highest BCUT2D eigenvalue weighted by Gasteiger charge is 2.11. The topological polar surface area (TPSA) is 44.2 Å². The first-order chi connectivity index (χ1) is 5.69. The summed E-state index contributed by atoms with van der Waals surface area (Å²) in [6.07, 6.45) is 0. The Kier molecular flexibility index (Phi) is 2.94. The molecule has 1 aromatic heterocycles. The van der Waals surface area contributed by atoms with Crippen molar-refractivity contribution in [1.29, 1.82) is 0 Å². The second kappa shape index (κ2) is 3.78. The van der Waals surface area contributed by atoms with E-state index in [9.17, 15) is 0 Å². The third-order valence-electron chi connectivity index (χ3n) is 1.15. The zero-order chi connectivity index (χ0) is 9.14. The molecule has 0 aliphatic carbocycles. The van der Waals surface area contributed by atoms with Crippen LogP contribution in [0.3, 0.4) is 0 Å². The molecule has 1 aromatic rings. The molecule has 4 nitrogen and oxygen atoms in total. The molecule has 0 atom stereocenters. The van der Waals surface area contributed by atoms with Crippen LogP contribution < -0.4 is 9.47 Å². The number of methoxy groups -OCH3 is 2.